The van der Waals surface area contributed by atoms with Crippen molar-refractivity contribution in [3.05, 3.63) is 18.6 Å². The summed E-state index contributed by atoms with van der Waals surface area (Å²) >= 11 is 0. The number of hydrazine groups is 1. The molecule has 1 aromatic heterocycles. The summed E-state index contributed by atoms with van der Waals surface area (Å²) in [5.74, 6) is 5.55. The van der Waals surface area contributed by atoms with Crippen molar-refractivity contribution >= 4 is 12.2 Å². The zero-order chi connectivity index (χ0) is 7.40. The first kappa shape index (κ1) is 6.63. The average molecular weight is 138 g/mol. The zero-order valence-corrected chi connectivity index (χ0v) is 5.14. The largest absolute Gasteiger partial charge is 0.277 e. The topological polar surface area (TPSA) is 72.1 Å². The number of aromatic nitrogens is 2. The predicted octanol–water partition coefficient (Wildman–Crippen LogP) is -0.687. The first-order valence-corrected chi connectivity index (χ1v) is 2.60. The number of nitrogens with zero attached hydrogens (tertiary/aromatic N) is 3. The number of rotatable bonds is 2. The summed E-state index contributed by atoms with van der Waals surface area (Å²) in [6.45, 7) is 0. The van der Waals surface area contributed by atoms with Crippen LogP contribution in [0.25, 0.3) is 0 Å². The molecule has 0 fully saturated rings. The van der Waals surface area contributed by atoms with Gasteiger partial charge in [0, 0.05) is 12.3 Å². The highest BCUT2D eigenvalue weighted by molar-refractivity contribution is 5.70. The van der Waals surface area contributed by atoms with Gasteiger partial charge >= 0.3 is 0 Å². The number of hydrogen-bond donors (Lipinski definition) is 1. The van der Waals surface area contributed by atoms with Crippen molar-refractivity contribution in [2.75, 3.05) is 5.01 Å². The van der Waals surface area contributed by atoms with Crippen LogP contribution in [0, 0.1) is 0 Å². The fourth-order valence-corrected chi connectivity index (χ4v) is 0.490. The van der Waals surface area contributed by atoms with E-state index in [2.05, 4.69) is 9.97 Å². The minimum absolute atomic E-state index is 0.380. The molecule has 10 heavy (non-hydrogen) atoms. The minimum Gasteiger partial charge on any atom is -0.277 e. The van der Waals surface area contributed by atoms with Crippen LogP contribution in [0.15, 0.2) is 18.6 Å². The van der Waals surface area contributed by atoms with Crippen LogP contribution in [0.2, 0.25) is 0 Å². The van der Waals surface area contributed by atoms with E-state index in [1.165, 1.54) is 18.6 Å². The lowest BCUT2D eigenvalue weighted by Crippen LogP contribution is -2.29. The quantitative estimate of drug-likeness (QED) is 0.254. The standard InChI is InChI=1S/C5H6N4O/c6-9(4-10)5-1-2-7-3-8-5/h1-4H,6H2. The van der Waals surface area contributed by atoms with Gasteiger partial charge in [-0.3, -0.25) is 4.79 Å². The second kappa shape index (κ2) is 2.88. The molecule has 0 atom stereocenters. The molecule has 52 valence electrons. The Bertz CT molecular complexity index is 212. The van der Waals surface area contributed by atoms with Crippen molar-refractivity contribution < 1.29 is 4.79 Å². The Morgan fingerprint density at radius 3 is 3.00 bits per heavy atom. The van der Waals surface area contributed by atoms with E-state index in [0.717, 1.165) is 5.01 Å². The Hall–Kier alpha value is -1.49. The normalized spacial score (nSPS) is 8.90. The summed E-state index contributed by atoms with van der Waals surface area (Å²) in [5.41, 5.74) is 0. The van der Waals surface area contributed by atoms with E-state index >= 15 is 0 Å². The molecule has 0 aliphatic heterocycles. The van der Waals surface area contributed by atoms with E-state index in [0.29, 0.717) is 12.2 Å². The summed E-state index contributed by atoms with van der Waals surface area (Å²) in [7, 11) is 0. The highest BCUT2D eigenvalue weighted by atomic mass is 16.1. The van der Waals surface area contributed by atoms with Gasteiger partial charge in [-0.15, -0.1) is 0 Å². The maximum atomic E-state index is 10.0. The molecule has 5 nitrogen and oxygen atoms in total. The molecule has 0 saturated heterocycles. The highest BCUT2D eigenvalue weighted by Crippen LogP contribution is 1.98. The van der Waals surface area contributed by atoms with E-state index in [-0.39, 0.29) is 0 Å². The SMILES string of the molecule is NN(C=O)c1ccncn1. The molecule has 0 spiro atoms. The van der Waals surface area contributed by atoms with Crippen molar-refractivity contribution in [2.24, 2.45) is 5.84 Å². The summed E-state index contributed by atoms with van der Waals surface area (Å²) in [6.07, 6.45) is 3.30. The van der Waals surface area contributed by atoms with E-state index in [4.69, 9.17) is 5.84 Å². The van der Waals surface area contributed by atoms with Gasteiger partial charge in [0.15, 0.2) is 5.82 Å². The maximum absolute atomic E-state index is 10.0. The van der Waals surface area contributed by atoms with Crippen molar-refractivity contribution in [1.29, 1.82) is 0 Å². The molecule has 1 amide bonds. The molecule has 0 unspecified atom stereocenters. The first-order valence-electron chi connectivity index (χ1n) is 2.60. The lowest BCUT2D eigenvalue weighted by atomic mass is 10.6. The van der Waals surface area contributed by atoms with Gasteiger partial charge in [-0.2, -0.15) is 0 Å². The Balaban J connectivity index is 2.84. The van der Waals surface area contributed by atoms with Crippen molar-refractivity contribution in [3.8, 4) is 0 Å². The molecule has 5 heteroatoms. The van der Waals surface area contributed by atoms with E-state index < -0.39 is 0 Å². The number of carbonyl (C=O) groups is 1. The molecule has 0 aliphatic rings. The van der Waals surface area contributed by atoms with Crippen LogP contribution in [0.4, 0.5) is 5.82 Å². The van der Waals surface area contributed by atoms with Gasteiger partial charge in [0.2, 0.25) is 6.41 Å². The Morgan fingerprint density at radius 1 is 1.70 bits per heavy atom. The molecule has 0 saturated carbocycles. The maximum Gasteiger partial charge on any atom is 0.229 e. The van der Waals surface area contributed by atoms with Gasteiger partial charge in [0.05, 0.1) is 0 Å². The fraction of sp³-hybridized carbons (Fsp3) is 0. The Kier molecular flexibility index (Phi) is 1.91. The van der Waals surface area contributed by atoms with E-state index in [9.17, 15) is 4.79 Å². The molecule has 1 heterocycles. The molecule has 0 bridgehead atoms. The first-order chi connectivity index (χ1) is 4.84. The van der Waals surface area contributed by atoms with Crippen molar-refractivity contribution in [2.45, 2.75) is 0 Å². The number of anilines is 1. The number of amides is 1. The molecular weight excluding hydrogens is 132 g/mol. The average Bonchev–Trinajstić information content (AvgIpc) is 2.05. The predicted molar refractivity (Wildman–Crippen MR) is 34.8 cm³/mol. The third-order valence-corrected chi connectivity index (χ3v) is 0.944. The van der Waals surface area contributed by atoms with Crippen molar-refractivity contribution in [1.82, 2.24) is 9.97 Å². The van der Waals surface area contributed by atoms with E-state index in [1.54, 1.807) is 0 Å². The van der Waals surface area contributed by atoms with Crippen LogP contribution in [0.3, 0.4) is 0 Å². The highest BCUT2D eigenvalue weighted by Gasteiger charge is 1.96. The second-order valence-corrected chi connectivity index (χ2v) is 1.58. The molecule has 1 rings (SSSR count). The monoisotopic (exact) mass is 138 g/mol. The lowest BCUT2D eigenvalue weighted by Gasteiger charge is -2.05. The number of hydrogen-bond acceptors (Lipinski definition) is 4. The molecule has 0 aliphatic carbocycles. The van der Waals surface area contributed by atoms with Crippen LogP contribution in [0.5, 0.6) is 0 Å². The van der Waals surface area contributed by atoms with Gasteiger partial charge in [-0.05, 0) is 0 Å². The van der Waals surface area contributed by atoms with Crippen LogP contribution in [-0.2, 0) is 4.79 Å². The van der Waals surface area contributed by atoms with Gasteiger partial charge < -0.3 is 0 Å². The summed E-state index contributed by atoms with van der Waals surface area (Å²) < 4.78 is 0. The smallest absolute Gasteiger partial charge is 0.229 e. The van der Waals surface area contributed by atoms with Crippen LogP contribution >= 0.6 is 0 Å². The second-order valence-electron chi connectivity index (χ2n) is 1.58. The van der Waals surface area contributed by atoms with Crippen LogP contribution in [0.1, 0.15) is 0 Å². The Morgan fingerprint density at radius 2 is 2.50 bits per heavy atom. The van der Waals surface area contributed by atoms with Crippen molar-refractivity contribution in [3.63, 3.8) is 0 Å². The Labute approximate surface area is 57.5 Å². The number of nitrogens with two attached hydrogens (primary N) is 1. The zero-order valence-electron chi connectivity index (χ0n) is 5.14. The molecular formula is C5H6N4O. The van der Waals surface area contributed by atoms with Gasteiger partial charge in [0.1, 0.15) is 6.33 Å². The third kappa shape index (κ3) is 1.26. The van der Waals surface area contributed by atoms with Gasteiger partial charge in [0.25, 0.3) is 0 Å². The van der Waals surface area contributed by atoms with Gasteiger partial charge in [-0.1, -0.05) is 0 Å². The number of carbonyl (C=O) groups excluding carboxylic acids is 1. The summed E-state index contributed by atoms with van der Waals surface area (Å²) in [5, 5.41) is 0.877. The van der Waals surface area contributed by atoms with E-state index in [1.807, 2.05) is 0 Å². The summed E-state index contributed by atoms with van der Waals surface area (Å²) in [6, 6.07) is 1.54. The van der Waals surface area contributed by atoms with Gasteiger partial charge in [-0.25, -0.2) is 20.8 Å². The summed E-state index contributed by atoms with van der Waals surface area (Å²) in [4.78, 5) is 17.4. The molecule has 0 radical (unpaired) electrons. The van der Waals surface area contributed by atoms with Crippen LogP contribution in [-0.4, -0.2) is 16.4 Å². The lowest BCUT2D eigenvalue weighted by molar-refractivity contribution is -0.107. The molecule has 1 aromatic rings. The van der Waals surface area contributed by atoms with Crippen LogP contribution < -0.4 is 10.9 Å². The fourth-order valence-electron chi connectivity index (χ4n) is 0.490. The molecule has 2 N–H and O–H groups in total. The molecule has 0 aromatic carbocycles. The third-order valence-electron chi connectivity index (χ3n) is 0.944. The minimum atomic E-state index is 0.380.